The quantitative estimate of drug-likeness (QED) is 0.168. The summed E-state index contributed by atoms with van der Waals surface area (Å²) in [7, 11) is 0. The average Bonchev–Trinajstić information content (AvgIpc) is 2.93. The molecule has 1 aliphatic heterocycles. The summed E-state index contributed by atoms with van der Waals surface area (Å²) in [5.41, 5.74) is 6.93. The largest absolute Gasteiger partial charge is 0.507 e. The molecule has 3 N–H and O–H groups in total. The molecule has 0 saturated carbocycles. The van der Waals surface area contributed by atoms with Crippen molar-refractivity contribution in [3.8, 4) is 5.75 Å². The first kappa shape index (κ1) is 25.7. The summed E-state index contributed by atoms with van der Waals surface area (Å²) < 4.78 is 0.847. The Labute approximate surface area is 231 Å². The van der Waals surface area contributed by atoms with Crippen molar-refractivity contribution in [2.24, 2.45) is 11.0 Å². The van der Waals surface area contributed by atoms with Crippen LogP contribution in [0.25, 0.3) is 0 Å². The number of hydrogen-bond donors (Lipinski definition) is 3. The van der Waals surface area contributed by atoms with E-state index in [-0.39, 0.29) is 5.75 Å². The molecule has 0 unspecified atom stereocenters. The van der Waals surface area contributed by atoms with Crippen LogP contribution in [0.2, 0.25) is 0 Å². The van der Waals surface area contributed by atoms with Crippen molar-refractivity contribution < 1.29 is 5.11 Å². The van der Waals surface area contributed by atoms with E-state index < -0.39 is 0 Å². The maximum absolute atomic E-state index is 10.1. The number of nitrogens with one attached hydrogen (secondary N) is 2. The molecule has 1 saturated heterocycles. The van der Waals surface area contributed by atoms with Crippen LogP contribution in [-0.2, 0) is 6.42 Å². The Kier molecular flexibility index (Phi) is 8.13. The first-order chi connectivity index (χ1) is 18.5. The van der Waals surface area contributed by atoms with Crippen molar-refractivity contribution in [1.29, 1.82) is 0 Å². The highest BCUT2D eigenvalue weighted by molar-refractivity contribution is 9.10. The van der Waals surface area contributed by atoms with Crippen LogP contribution in [0.4, 0.5) is 23.5 Å². The molecule has 0 aliphatic carbocycles. The fourth-order valence-electron chi connectivity index (χ4n) is 4.45. The summed E-state index contributed by atoms with van der Waals surface area (Å²) in [6, 6.07) is 23.9. The number of anilines is 4. The number of aromatic hydroxyl groups is 1. The Morgan fingerprint density at radius 3 is 2.47 bits per heavy atom. The lowest BCUT2D eigenvalue weighted by atomic mass is 9.90. The van der Waals surface area contributed by atoms with Gasteiger partial charge in [0.15, 0.2) is 0 Å². The summed E-state index contributed by atoms with van der Waals surface area (Å²) in [4.78, 5) is 16.1. The lowest BCUT2D eigenvalue weighted by molar-refractivity contribution is 0.400. The number of hydrazone groups is 1. The minimum atomic E-state index is 0.134. The fraction of sp³-hybridized carbons (Fsp3) is 0.241. The molecule has 2 heterocycles. The summed E-state index contributed by atoms with van der Waals surface area (Å²) >= 11 is 3.41. The van der Waals surface area contributed by atoms with Crippen molar-refractivity contribution in [3.05, 3.63) is 94.0 Å². The van der Waals surface area contributed by atoms with E-state index in [9.17, 15) is 5.11 Å². The van der Waals surface area contributed by atoms with Gasteiger partial charge in [0.2, 0.25) is 17.8 Å². The van der Waals surface area contributed by atoms with Gasteiger partial charge in [0.05, 0.1) is 6.21 Å². The van der Waals surface area contributed by atoms with Gasteiger partial charge in [0, 0.05) is 28.8 Å². The van der Waals surface area contributed by atoms with E-state index in [0.717, 1.165) is 42.5 Å². The third-order valence-electron chi connectivity index (χ3n) is 6.55. The Bertz CT molecular complexity index is 1390. The van der Waals surface area contributed by atoms with E-state index in [1.807, 2.05) is 24.3 Å². The second-order valence-corrected chi connectivity index (χ2v) is 10.4. The molecule has 1 fully saturated rings. The molecule has 0 atom stereocenters. The Morgan fingerprint density at radius 1 is 0.974 bits per heavy atom. The number of aryl methyl sites for hydroxylation is 1. The van der Waals surface area contributed by atoms with Crippen LogP contribution < -0.4 is 15.6 Å². The van der Waals surface area contributed by atoms with Crippen LogP contribution in [0.3, 0.4) is 0 Å². The SMILES string of the molecule is Cc1ccc(Nc2nc(N/N=C\c3cc(Br)ccc3O)nc(N3CCC(Cc4ccccc4)CC3)n2)cc1. The maximum atomic E-state index is 10.1. The zero-order valence-corrected chi connectivity index (χ0v) is 22.8. The van der Waals surface area contributed by atoms with E-state index in [2.05, 4.69) is 83.9 Å². The molecule has 0 amide bonds. The first-order valence-electron chi connectivity index (χ1n) is 12.7. The number of rotatable bonds is 8. The number of piperidine rings is 1. The van der Waals surface area contributed by atoms with Gasteiger partial charge in [-0.15, -0.1) is 0 Å². The lowest BCUT2D eigenvalue weighted by Gasteiger charge is -2.32. The third kappa shape index (κ3) is 6.86. The van der Waals surface area contributed by atoms with E-state index >= 15 is 0 Å². The van der Waals surface area contributed by atoms with Gasteiger partial charge in [-0.1, -0.05) is 64.0 Å². The van der Waals surface area contributed by atoms with Gasteiger partial charge in [-0.05, 0) is 68.0 Å². The van der Waals surface area contributed by atoms with Crippen LogP contribution in [0, 0.1) is 12.8 Å². The minimum absolute atomic E-state index is 0.134. The number of nitrogens with zero attached hydrogens (tertiary/aromatic N) is 5. The lowest BCUT2D eigenvalue weighted by Crippen LogP contribution is -2.35. The number of aromatic nitrogens is 3. The Morgan fingerprint density at radius 2 is 1.71 bits per heavy atom. The van der Waals surface area contributed by atoms with Gasteiger partial charge in [0.25, 0.3) is 0 Å². The standard InChI is InChI=1S/C29H30BrN7O/c1-20-7-10-25(11-8-20)32-27-33-28(36-31-19-23-18-24(30)9-12-26(23)38)35-29(34-27)37-15-13-22(14-16-37)17-21-5-3-2-4-6-21/h2-12,18-19,22,38H,13-17H2,1H3,(H2,32,33,34,35,36)/b31-19-. The molecule has 0 radical (unpaired) electrons. The Balaban J connectivity index is 1.33. The number of phenols is 1. The van der Waals surface area contributed by atoms with E-state index in [0.29, 0.717) is 29.3 Å². The molecule has 9 heteroatoms. The number of phenolic OH excluding ortho intramolecular Hbond substituents is 1. The van der Waals surface area contributed by atoms with Crippen LogP contribution in [-0.4, -0.2) is 39.4 Å². The van der Waals surface area contributed by atoms with Gasteiger partial charge < -0.3 is 15.3 Å². The van der Waals surface area contributed by atoms with Gasteiger partial charge in [-0.2, -0.15) is 20.1 Å². The highest BCUT2D eigenvalue weighted by Gasteiger charge is 2.22. The smallest absolute Gasteiger partial charge is 0.250 e. The summed E-state index contributed by atoms with van der Waals surface area (Å²) in [5, 5.41) is 17.6. The molecule has 3 aromatic carbocycles. The molecular weight excluding hydrogens is 542 g/mol. The molecule has 4 aromatic rings. The molecule has 0 bridgehead atoms. The predicted molar refractivity (Wildman–Crippen MR) is 156 cm³/mol. The maximum Gasteiger partial charge on any atom is 0.250 e. The summed E-state index contributed by atoms with van der Waals surface area (Å²) in [6.07, 6.45) is 4.77. The van der Waals surface area contributed by atoms with Crippen molar-refractivity contribution in [2.45, 2.75) is 26.2 Å². The van der Waals surface area contributed by atoms with Gasteiger partial charge in [-0.25, -0.2) is 5.43 Å². The second kappa shape index (κ2) is 12.0. The predicted octanol–water partition coefficient (Wildman–Crippen LogP) is 6.30. The molecular formula is C29H30BrN7O. The number of benzene rings is 3. The van der Waals surface area contributed by atoms with Crippen molar-refractivity contribution >= 4 is 45.7 Å². The monoisotopic (exact) mass is 571 g/mol. The topological polar surface area (TPSA) is 98.6 Å². The average molecular weight is 573 g/mol. The molecule has 0 spiro atoms. The summed E-state index contributed by atoms with van der Waals surface area (Å²) in [5.74, 6) is 2.14. The highest BCUT2D eigenvalue weighted by atomic mass is 79.9. The first-order valence-corrected chi connectivity index (χ1v) is 13.5. The molecule has 8 nitrogen and oxygen atoms in total. The molecule has 1 aliphatic rings. The van der Waals surface area contributed by atoms with E-state index in [1.54, 1.807) is 18.2 Å². The molecule has 5 rings (SSSR count). The van der Waals surface area contributed by atoms with E-state index in [4.69, 9.17) is 4.98 Å². The fourth-order valence-corrected chi connectivity index (χ4v) is 4.83. The van der Waals surface area contributed by atoms with Crippen LogP contribution >= 0.6 is 15.9 Å². The van der Waals surface area contributed by atoms with Crippen molar-refractivity contribution in [2.75, 3.05) is 28.7 Å². The molecule has 194 valence electrons. The Hall–Kier alpha value is -3.98. The van der Waals surface area contributed by atoms with Crippen LogP contribution in [0.15, 0.2) is 82.4 Å². The van der Waals surface area contributed by atoms with Crippen molar-refractivity contribution in [1.82, 2.24) is 15.0 Å². The normalized spacial score (nSPS) is 14.1. The zero-order chi connectivity index (χ0) is 26.3. The van der Waals surface area contributed by atoms with Crippen LogP contribution in [0.5, 0.6) is 5.75 Å². The molecule has 1 aromatic heterocycles. The highest BCUT2D eigenvalue weighted by Crippen LogP contribution is 2.26. The van der Waals surface area contributed by atoms with Gasteiger partial charge in [0.1, 0.15) is 5.75 Å². The number of halogens is 1. The number of hydrogen-bond acceptors (Lipinski definition) is 8. The zero-order valence-electron chi connectivity index (χ0n) is 21.2. The third-order valence-corrected chi connectivity index (χ3v) is 7.05. The van der Waals surface area contributed by atoms with Gasteiger partial charge in [-0.3, -0.25) is 0 Å². The second-order valence-electron chi connectivity index (χ2n) is 9.47. The minimum Gasteiger partial charge on any atom is -0.507 e. The van der Waals surface area contributed by atoms with Gasteiger partial charge >= 0.3 is 0 Å². The van der Waals surface area contributed by atoms with Crippen LogP contribution in [0.1, 0.15) is 29.5 Å². The summed E-state index contributed by atoms with van der Waals surface area (Å²) in [6.45, 7) is 3.80. The van der Waals surface area contributed by atoms with E-state index in [1.165, 1.54) is 17.3 Å². The molecule has 38 heavy (non-hydrogen) atoms. The van der Waals surface area contributed by atoms with Crippen molar-refractivity contribution in [3.63, 3.8) is 0 Å².